The number of nitrogens with two attached hydrogens (primary N) is 1. The summed E-state index contributed by atoms with van der Waals surface area (Å²) in [4.78, 5) is 11.1. The predicted molar refractivity (Wildman–Crippen MR) is 105 cm³/mol. The lowest BCUT2D eigenvalue weighted by molar-refractivity contribution is -0.0405. The number of anilines is 1. The average Bonchev–Trinajstić information content (AvgIpc) is 3.08. The highest BCUT2D eigenvalue weighted by molar-refractivity contribution is 7.71. The van der Waals surface area contributed by atoms with Crippen molar-refractivity contribution in [2.75, 3.05) is 12.3 Å². The van der Waals surface area contributed by atoms with Gasteiger partial charge in [-0.2, -0.15) is 0 Å². The van der Waals surface area contributed by atoms with Crippen LogP contribution in [0, 0.1) is 4.64 Å². The maximum Gasteiger partial charge on any atom is 0.200 e. The van der Waals surface area contributed by atoms with E-state index in [1.807, 2.05) is 33.9 Å². The molecular formula is C16H27N5O3SSi. The molecule has 8 nitrogen and oxygen atoms in total. The summed E-state index contributed by atoms with van der Waals surface area (Å²) in [6.45, 7) is 7.87. The van der Waals surface area contributed by atoms with Crippen molar-refractivity contribution in [3.8, 4) is 0 Å². The number of H-pyrrole nitrogens is 1. The van der Waals surface area contributed by atoms with Crippen LogP contribution in [0.5, 0.6) is 0 Å². The molecule has 1 aliphatic rings. The van der Waals surface area contributed by atoms with E-state index in [1.165, 1.54) is 6.33 Å². The van der Waals surface area contributed by atoms with Gasteiger partial charge in [0.05, 0.1) is 21.7 Å². The first-order chi connectivity index (χ1) is 12.7. The summed E-state index contributed by atoms with van der Waals surface area (Å²) in [5, 5.41) is 10.4. The van der Waals surface area contributed by atoms with Gasteiger partial charge in [-0.05, 0) is 18.1 Å². The van der Waals surface area contributed by atoms with Crippen molar-refractivity contribution in [1.29, 1.82) is 0 Å². The maximum atomic E-state index is 10.5. The Morgan fingerprint density at radius 3 is 2.92 bits per heavy atom. The summed E-state index contributed by atoms with van der Waals surface area (Å²) in [5.41, 5.74) is 6.72. The van der Waals surface area contributed by atoms with E-state index < -0.39 is 33.3 Å². The Morgan fingerprint density at radius 2 is 2.27 bits per heavy atom. The smallest absolute Gasteiger partial charge is 0.200 e. The summed E-state index contributed by atoms with van der Waals surface area (Å²) in [6.07, 6.45) is -1.12. The second-order valence-electron chi connectivity index (χ2n) is 8.07. The Morgan fingerprint density at radius 1 is 1.58 bits per heavy atom. The lowest BCUT2D eigenvalue weighted by Gasteiger charge is -2.37. The molecule has 3 heterocycles. The molecule has 26 heavy (non-hydrogen) atoms. The number of hydrogen-bond donors (Lipinski definition) is 3. The number of nitrogens with zero attached hydrogens (tertiary/aromatic N) is 3. The number of imidazole rings is 1. The Bertz CT molecular complexity index is 942. The minimum atomic E-state index is -2.41. The van der Waals surface area contributed by atoms with Crippen LogP contribution < -0.4 is 5.73 Å². The van der Waals surface area contributed by atoms with Gasteiger partial charge in [-0.3, -0.25) is 4.57 Å². The van der Waals surface area contributed by atoms with Crippen LogP contribution in [-0.2, 0) is 9.16 Å². The van der Waals surface area contributed by atoms with Crippen molar-refractivity contribution in [1.82, 2.24) is 19.5 Å². The van der Waals surface area contributed by atoms with E-state index in [4.69, 9.17) is 29.9 Å². The number of hydrogen-bond acceptors (Lipinski definition) is 7. The third-order valence-corrected chi connectivity index (χ3v) is 9.63. The second-order valence-corrected chi connectivity index (χ2v) is 13.2. The zero-order valence-electron chi connectivity index (χ0n) is 17.6. The minimum Gasteiger partial charge on any atom is -0.414 e. The first kappa shape index (κ1) is 16.8. The van der Waals surface area contributed by atoms with Crippen LogP contribution in [0.3, 0.4) is 0 Å². The van der Waals surface area contributed by atoms with E-state index in [2.05, 4.69) is 15.0 Å². The first-order valence-electron chi connectivity index (χ1n) is 9.49. The molecule has 0 bridgehead atoms. The van der Waals surface area contributed by atoms with E-state index in [0.29, 0.717) is 11.2 Å². The largest absolute Gasteiger partial charge is 0.414 e. The van der Waals surface area contributed by atoms with Crippen molar-refractivity contribution >= 4 is 37.6 Å². The summed E-state index contributed by atoms with van der Waals surface area (Å²) in [5.74, 6) is 0.144. The van der Waals surface area contributed by atoms with Crippen molar-refractivity contribution in [2.45, 2.75) is 63.8 Å². The molecular weight excluding hydrogens is 370 g/mol. The quantitative estimate of drug-likeness (QED) is 0.535. The zero-order valence-corrected chi connectivity index (χ0v) is 17.4. The normalized spacial score (nSPS) is 26.2. The van der Waals surface area contributed by atoms with Crippen LogP contribution in [0.15, 0.2) is 6.33 Å². The number of fused-ring (bicyclic) bond motifs is 1. The topological polar surface area (TPSA) is 111 Å². The van der Waals surface area contributed by atoms with Gasteiger partial charge in [0.15, 0.2) is 18.9 Å². The van der Waals surface area contributed by atoms with E-state index >= 15 is 0 Å². The molecule has 3 rings (SSSR count). The van der Waals surface area contributed by atoms with Crippen molar-refractivity contribution < 1.29 is 17.0 Å². The number of rotatable bonds is 4. The van der Waals surface area contributed by atoms with Crippen LogP contribution in [0.25, 0.3) is 11.2 Å². The molecule has 0 aliphatic carbocycles. The van der Waals surface area contributed by atoms with Crippen molar-refractivity contribution in [3.05, 3.63) is 11.0 Å². The molecule has 2 aromatic rings. The van der Waals surface area contributed by atoms with E-state index in [0.717, 1.165) is 0 Å². The van der Waals surface area contributed by atoms with Gasteiger partial charge in [0.2, 0.25) is 0 Å². The predicted octanol–water partition coefficient (Wildman–Crippen LogP) is 2.74. The van der Waals surface area contributed by atoms with Crippen LogP contribution >= 0.6 is 12.2 Å². The van der Waals surface area contributed by atoms with Crippen molar-refractivity contribution in [3.63, 3.8) is 0 Å². The molecule has 10 heteroatoms. The molecule has 4 N–H and O–H groups in total. The number of aromatic amines is 1. The van der Waals surface area contributed by atoms with Crippen LogP contribution in [-0.4, -0.2) is 51.7 Å². The van der Waals surface area contributed by atoms with Gasteiger partial charge in [0, 0.05) is 6.42 Å². The SMILES string of the molecule is [2H]C([2H])(O[Si](C)(C)C(C)(C)C)[C@H]1O[C@@H](n2cnc3c(=S)nc(N)[nH]c32)C[C@@H]1O. The van der Waals surface area contributed by atoms with Gasteiger partial charge in [-0.1, -0.05) is 33.0 Å². The van der Waals surface area contributed by atoms with E-state index in [-0.39, 0.29) is 22.0 Å². The molecule has 0 aromatic carbocycles. The Balaban J connectivity index is 1.88. The summed E-state index contributed by atoms with van der Waals surface area (Å²) in [7, 11) is -2.41. The Labute approximate surface area is 161 Å². The van der Waals surface area contributed by atoms with Crippen LogP contribution in [0.4, 0.5) is 5.95 Å². The highest BCUT2D eigenvalue weighted by atomic mass is 32.1. The standard InChI is InChI=1S/C16H27N5O3SSi/c1-16(2,3)26(4,5)23-7-10-9(22)6-11(24-10)21-8-18-12-13(21)19-15(17)20-14(12)25/h8-11,22H,6-7H2,1-5H3,(H3,17,19,20,25)/t9-,10+,11+/m0/s1/i7D2. The van der Waals surface area contributed by atoms with Crippen molar-refractivity contribution in [2.24, 2.45) is 0 Å². The fraction of sp³-hybridized carbons (Fsp3) is 0.688. The Kier molecular flexibility index (Phi) is 4.32. The fourth-order valence-corrected chi connectivity index (χ4v) is 3.43. The van der Waals surface area contributed by atoms with Crippen LogP contribution in [0.1, 0.15) is 36.2 Å². The van der Waals surface area contributed by atoms with Gasteiger partial charge >= 0.3 is 0 Å². The molecule has 0 saturated carbocycles. The highest BCUT2D eigenvalue weighted by Crippen LogP contribution is 2.38. The minimum absolute atomic E-state index is 0.144. The van der Waals surface area contributed by atoms with Crippen LogP contribution in [0.2, 0.25) is 18.1 Å². The maximum absolute atomic E-state index is 10.5. The zero-order chi connectivity index (χ0) is 21.1. The van der Waals surface area contributed by atoms with Gasteiger partial charge in [0.1, 0.15) is 23.5 Å². The fourth-order valence-electron chi connectivity index (χ4n) is 2.46. The molecule has 1 aliphatic heterocycles. The van der Waals surface area contributed by atoms with E-state index in [9.17, 15) is 5.11 Å². The number of ether oxygens (including phenoxy) is 1. The highest BCUT2D eigenvalue weighted by Gasteiger charge is 2.41. The number of aliphatic hydroxyl groups is 1. The number of aromatic nitrogens is 4. The van der Waals surface area contributed by atoms with E-state index in [1.54, 1.807) is 4.57 Å². The average molecular weight is 400 g/mol. The molecule has 1 saturated heterocycles. The third-order valence-electron chi connectivity index (χ3n) is 5.11. The molecule has 144 valence electrons. The molecule has 0 radical (unpaired) electrons. The van der Waals surface area contributed by atoms with Gasteiger partial charge in [-0.15, -0.1) is 0 Å². The first-order valence-corrected chi connectivity index (χ1v) is 11.8. The van der Waals surface area contributed by atoms with Gasteiger partial charge in [0.25, 0.3) is 0 Å². The third kappa shape index (κ3) is 3.56. The monoisotopic (exact) mass is 399 g/mol. The number of nitrogens with one attached hydrogen (secondary N) is 1. The summed E-state index contributed by atoms with van der Waals surface area (Å²) in [6, 6.07) is 0. The summed E-state index contributed by atoms with van der Waals surface area (Å²) >= 11 is 5.18. The second kappa shape index (κ2) is 6.68. The summed E-state index contributed by atoms with van der Waals surface area (Å²) < 4.78 is 30.7. The molecule has 0 spiro atoms. The molecule has 3 atom stereocenters. The lowest BCUT2D eigenvalue weighted by Crippen LogP contribution is -2.43. The van der Waals surface area contributed by atoms with Gasteiger partial charge < -0.3 is 25.0 Å². The molecule has 1 fully saturated rings. The Hall–Kier alpha value is -1.33. The molecule has 2 aromatic heterocycles. The number of aliphatic hydroxyl groups excluding tert-OH is 1. The molecule has 0 unspecified atom stereocenters. The molecule has 0 amide bonds. The number of nitrogen functional groups attached to an aromatic ring is 1. The van der Waals surface area contributed by atoms with Gasteiger partial charge in [-0.25, -0.2) is 9.97 Å². The lowest BCUT2D eigenvalue weighted by atomic mass is 10.2.